The maximum Gasteiger partial charge on any atom is 0.410 e. The molecule has 1 aromatic heterocycles. The van der Waals surface area contributed by atoms with Gasteiger partial charge in [-0.05, 0) is 72.1 Å². The van der Waals surface area contributed by atoms with Crippen LogP contribution < -0.4 is 5.32 Å². The number of likely N-dealkylation sites (tertiary alicyclic amines) is 1. The summed E-state index contributed by atoms with van der Waals surface area (Å²) in [6.45, 7) is 12.7. The first-order chi connectivity index (χ1) is 16.0. The lowest BCUT2D eigenvalue weighted by Gasteiger charge is -2.35. The maximum absolute atomic E-state index is 12.7. The van der Waals surface area contributed by atoms with Gasteiger partial charge >= 0.3 is 6.09 Å². The number of benzene rings is 1. The number of para-hydroxylation sites is 1. The third-order valence-corrected chi connectivity index (χ3v) is 6.05. The Kier molecular flexibility index (Phi) is 8.36. The molecule has 186 valence electrons. The second kappa shape index (κ2) is 11.0. The van der Waals surface area contributed by atoms with E-state index in [-0.39, 0.29) is 12.0 Å². The minimum atomic E-state index is -0.494. The van der Waals surface area contributed by atoms with Gasteiger partial charge in [0.25, 0.3) is 0 Å². The molecule has 2 amide bonds. The number of piperidine rings is 1. The number of amides is 2. The molecule has 0 bridgehead atoms. The van der Waals surface area contributed by atoms with E-state index in [0.717, 1.165) is 48.7 Å². The lowest BCUT2D eigenvalue weighted by Crippen LogP contribution is -2.43. The lowest BCUT2D eigenvalue weighted by molar-refractivity contribution is -0.116. The molecule has 1 unspecified atom stereocenters. The molecule has 1 atom stereocenters. The molecule has 34 heavy (non-hydrogen) atoms. The molecule has 2 aromatic rings. The number of rotatable bonds is 7. The van der Waals surface area contributed by atoms with E-state index in [0.29, 0.717) is 25.4 Å². The fourth-order valence-corrected chi connectivity index (χ4v) is 4.41. The molecule has 1 saturated heterocycles. The Balaban J connectivity index is 1.50. The predicted octanol–water partition coefficient (Wildman–Crippen LogP) is 4.40. The third kappa shape index (κ3) is 7.06. The molecule has 0 radical (unpaired) electrons. The van der Waals surface area contributed by atoms with E-state index in [2.05, 4.69) is 15.3 Å². The van der Waals surface area contributed by atoms with Crippen LogP contribution in [0.4, 0.5) is 10.5 Å². The van der Waals surface area contributed by atoms with E-state index < -0.39 is 5.60 Å². The number of carbonyl (C=O) groups excluding carboxylic acids is 2. The topological polar surface area (TPSA) is 79.7 Å². The largest absolute Gasteiger partial charge is 0.444 e. The van der Waals surface area contributed by atoms with Crippen molar-refractivity contribution in [3.8, 4) is 5.69 Å². The van der Waals surface area contributed by atoms with Gasteiger partial charge in [0.2, 0.25) is 5.91 Å². The number of anilines is 1. The van der Waals surface area contributed by atoms with Gasteiger partial charge in [-0.25, -0.2) is 9.48 Å². The third-order valence-electron chi connectivity index (χ3n) is 6.05. The standard InChI is InChI=1S/C26H39N5O3/c1-19-24(20(2)31(28-19)22-12-8-7-9-13-22)27-23(32)14-16-30-15-10-11-21(18-30)17-29(6)25(33)34-26(3,4)5/h7-9,12-13,21H,10-11,14-18H2,1-6H3,(H,27,32). The van der Waals surface area contributed by atoms with Crippen LogP contribution in [-0.2, 0) is 9.53 Å². The molecular formula is C26H39N5O3. The highest BCUT2D eigenvalue weighted by Gasteiger charge is 2.26. The summed E-state index contributed by atoms with van der Waals surface area (Å²) in [4.78, 5) is 29.0. The molecule has 1 N–H and O–H groups in total. The highest BCUT2D eigenvalue weighted by molar-refractivity contribution is 5.92. The molecule has 1 fully saturated rings. The normalized spacial score (nSPS) is 16.8. The van der Waals surface area contributed by atoms with Gasteiger partial charge in [-0.2, -0.15) is 5.10 Å². The fourth-order valence-electron chi connectivity index (χ4n) is 4.41. The second-order valence-electron chi connectivity index (χ2n) is 10.3. The Bertz CT molecular complexity index is 980. The number of nitrogens with one attached hydrogen (secondary N) is 1. The molecule has 1 aromatic carbocycles. The molecule has 8 heteroatoms. The predicted molar refractivity (Wildman–Crippen MR) is 134 cm³/mol. The van der Waals surface area contributed by atoms with E-state index >= 15 is 0 Å². The number of hydrogen-bond acceptors (Lipinski definition) is 5. The molecule has 8 nitrogen and oxygen atoms in total. The van der Waals surface area contributed by atoms with Gasteiger partial charge in [-0.15, -0.1) is 0 Å². The van der Waals surface area contributed by atoms with Crippen LogP contribution >= 0.6 is 0 Å². The number of carbonyl (C=O) groups is 2. The first-order valence-corrected chi connectivity index (χ1v) is 12.1. The average molecular weight is 470 g/mol. The minimum absolute atomic E-state index is 0.00759. The van der Waals surface area contributed by atoms with Gasteiger partial charge in [0.05, 0.1) is 22.8 Å². The van der Waals surface area contributed by atoms with E-state index in [9.17, 15) is 9.59 Å². The van der Waals surface area contributed by atoms with Crippen molar-refractivity contribution < 1.29 is 14.3 Å². The van der Waals surface area contributed by atoms with Crippen LogP contribution in [0.3, 0.4) is 0 Å². The van der Waals surface area contributed by atoms with E-state index in [4.69, 9.17) is 4.74 Å². The second-order valence-corrected chi connectivity index (χ2v) is 10.3. The van der Waals surface area contributed by atoms with Crippen molar-refractivity contribution >= 4 is 17.7 Å². The molecule has 1 aliphatic heterocycles. The molecule has 3 rings (SSSR count). The van der Waals surface area contributed by atoms with Crippen molar-refractivity contribution in [3.05, 3.63) is 41.7 Å². The Hall–Kier alpha value is -2.87. The summed E-state index contributed by atoms with van der Waals surface area (Å²) in [5, 5.41) is 7.68. The Morgan fingerprint density at radius 1 is 1.21 bits per heavy atom. The summed E-state index contributed by atoms with van der Waals surface area (Å²) in [6.07, 6.45) is 2.28. The zero-order chi connectivity index (χ0) is 24.9. The molecule has 2 heterocycles. The lowest BCUT2D eigenvalue weighted by atomic mass is 9.97. The summed E-state index contributed by atoms with van der Waals surface area (Å²) in [7, 11) is 1.79. The smallest absolute Gasteiger partial charge is 0.410 e. The Labute approximate surface area is 203 Å². The highest BCUT2D eigenvalue weighted by atomic mass is 16.6. The van der Waals surface area contributed by atoms with Crippen LogP contribution in [0.1, 0.15) is 51.4 Å². The van der Waals surface area contributed by atoms with Crippen molar-refractivity contribution in [1.29, 1.82) is 0 Å². The molecular weight excluding hydrogens is 430 g/mol. The molecule has 0 aliphatic carbocycles. The molecule has 0 spiro atoms. The van der Waals surface area contributed by atoms with Gasteiger partial charge in [-0.1, -0.05) is 18.2 Å². The minimum Gasteiger partial charge on any atom is -0.444 e. The van der Waals surface area contributed by atoms with Crippen molar-refractivity contribution in [2.24, 2.45) is 5.92 Å². The summed E-state index contributed by atoms with van der Waals surface area (Å²) in [6, 6.07) is 9.91. The van der Waals surface area contributed by atoms with Crippen LogP contribution in [0.5, 0.6) is 0 Å². The van der Waals surface area contributed by atoms with Crippen LogP contribution in [0, 0.1) is 19.8 Å². The number of aryl methyl sites for hydroxylation is 1. The SMILES string of the molecule is Cc1nn(-c2ccccc2)c(C)c1NC(=O)CCN1CCCC(CN(C)C(=O)OC(C)(C)C)C1. The molecule has 1 aliphatic rings. The van der Waals surface area contributed by atoms with Gasteiger partial charge < -0.3 is 19.9 Å². The Morgan fingerprint density at radius 2 is 1.91 bits per heavy atom. The van der Waals surface area contributed by atoms with E-state index in [1.165, 1.54) is 0 Å². The maximum atomic E-state index is 12.7. The van der Waals surface area contributed by atoms with Gasteiger partial charge in [0, 0.05) is 33.1 Å². The molecule has 0 saturated carbocycles. The summed E-state index contributed by atoms with van der Waals surface area (Å²) in [5.41, 5.74) is 2.98. The number of ether oxygens (including phenoxy) is 1. The van der Waals surface area contributed by atoms with Crippen molar-refractivity contribution in [2.45, 2.75) is 59.5 Å². The quantitative estimate of drug-likeness (QED) is 0.650. The van der Waals surface area contributed by atoms with Crippen LogP contribution in [0.25, 0.3) is 5.69 Å². The first kappa shape index (κ1) is 25.7. The van der Waals surface area contributed by atoms with Crippen molar-refractivity contribution in [2.75, 3.05) is 38.5 Å². The van der Waals surface area contributed by atoms with Crippen molar-refractivity contribution in [3.63, 3.8) is 0 Å². The summed E-state index contributed by atoms with van der Waals surface area (Å²) < 4.78 is 7.33. The summed E-state index contributed by atoms with van der Waals surface area (Å²) >= 11 is 0. The number of aromatic nitrogens is 2. The summed E-state index contributed by atoms with van der Waals surface area (Å²) in [5.74, 6) is 0.370. The monoisotopic (exact) mass is 469 g/mol. The van der Waals surface area contributed by atoms with Gasteiger partial charge in [0.15, 0.2) is 0 Å². The van der Waals surface area contributed by atoms with Crippen LogP contribution in [0.2, 0.25) is 0 Å². The van der Waals surface area contributed by atoms with Crippen LogP contribution in [0.15, 0.2) is 30.3 Å². The van der Waals surface area contributed by atoms with Gasteiger partial charge in [-0.3, -0.25) is 4.79 Å². The van der Waals surface area contributed by atoms with E-state index in [1.807, 2.05) is 69.6 Å². The highest BCUT2D eigenvalue weighted by Crippen LogP contribution is 2.23. The Morgan fingerprint density at radius 3 is 2.59 bits per heavy atom. The van der Waals surface area contributed by atoms with Crippen LogP contribution in [-0.4, -0.2) is 70.4 Å². The van der Waals surface area contributed by atoms with Gasteiger partial charge in [0.1, 0.15) is 5.60 Å². The number of nitrogens with zero attached hydrogens (tertiary/aromatic N) is 4. The zero-order valence-corrected chi connectivity index (χ0v) is 21.4. The fraction of sp³-hybridized carbons (Fsp3) is 0.577. The average Bonchev–Trinajstić information content (AvgIpc) is 3.05. The number of hydrogen-bond donors (Lipinski definition) is 1. The van der Waals surface area contributed by atoms with E-state index in [1.54, 1.807) is 11.9 Å². The zero-order valence-electron chi connectivity index (χ0n) is 21.4. The first-order valence-electron chi connectivity index (χ1n) is 12.1. The van der Waals surface area contributed by atoms with Crippen molar-refractivity contribution in [1.82, 2.24) is 19.6 Å².